The molecule has 0 bridgehead atoms. The third-order valence-electron chi connectivity index (χ3n) is 4.08. The van der Waals surface area contributed by atoms with Crippen LogP contribution in [-0.2, 0) is 4.79 Å². The first-order valence-electron chi connectivity index (χ1n) is 7.17. The number of carbonyl (C=O) groups is 1. The van der Waals surface area contributed by atoms with Gasteiger partial charge in [0.25, 0.3) is 0 Å². The van der Waals surface area contributed by atoms with Gasteiger partial charge in [-0.2, -0.15) is 0 Å². The van der Waals surface area contributed by atoms with E-state index in [-0.39, 0.29) is 5.78 Å². The Morgan fingerprint density at radius 3 is 1.27 bits per heavy atom. The molecule has 3 rings (SSSR count). The van der Waals surface area contributed by atoms with Crippen molar-refractivity contribution in [3.63, 3.8) is 0 Å². The number of hydrogen-bond acceptors (Lipinski definition) is 3. The van der Waals surface area contributed by atoms with Gasteiger partial charge in [0.05, 0.1) is 0 Å². The van der Waals surface area contributed by atoms with Gasteiger partial charge in [0.15, 0.2) is 5.78 Å². The minimum atomic E-state index is 0.0960. The lowest BCUT2D eigenvalue weighted by Gasteiger charge is -2.12. The highest BCUT2D eigenvalue weighted by atomic mass is 16.1. The van der Waals surface area contributed by atoms with Crippen LogP contribution in [0.1, 0.15) is 25.0 Å². The lowest BCUT2D eigenvalue weighted by atomic mass is 9.92. The molecule has 4 N–H and O–H groups in total. The largest absolute Gasteiger partial charge is 0.399 e. The molecule has 0 saturated carbocycles. The fraction of sp³-hybridized carbons (Fsp3) is 0.105. The van der Waals surface area contributed by atoms with Crippen LogP contribution >= 0.6 is 0 Å². The van der Waals surface area contributed by atoms with Crippen LogP contribution in [-0.4, -0.2) is 5.78 Å². The summed E-state index contributed by atoms with van der Waals surface area (Å²) in [5, 5.41) is 0. The second kappa shape index (κ2) is 5.19. The highest BCUT2D eigenvalue weighted by Gasteiger charge is 2.28. The smallest absolute Gasteiger partial charge is 0.185 e. The van der Waals surface area contributed by atoms with Gasteiger partial charge in [-0.25, -0.2) is 0 Å². The van der Waals surface area contributed by atoms with Crippen LogP contribution in [0.5, 0.6) is 0 Å². The van der Waals surface area contributed by atoms with Gasteiger partial charge in [-0.3, -0.25) is 4.79 Å². The van der Waals surface area contributed by atoms with Gasteiger partial charge >= 0.3 is 0 Å². The Balaban J connectivity index is 2.19. The molecule has 3 heteroatoms. The zero-order chi connectivity index (χ0) is 15.9. The summed E-state index contributed by atoms with van der Waals surface area (Å²) in [6, 6.07) is 15.2. The fourth-order valence-electron chi connectivity index (χ4n) is 2.90. The van der Waals surface area contributed by atoms with Crippen molar-refractivity contribution in [3.8, 4) is 0 Å². The van der Waals surface area contributed by atoms with E-state index >= 15 is 0 Å². The van der Waals surface area contributed by atoms with Crippen molar-refractivity contribution in [2.24, 2.45) is 0 Å². The Labute approximate surface area is 129 Å². The Morgan fingerprint density at radius 2 is 0.955 bits per heavy atom. The second-order valence-electron chi connectivity index (χ2n) is 5.57. The molecule has 2 aromatic carbocycles. The molecule has 1 aliphatic rings. The second-order valence-corrected chi connectivity index (χ2v) is 5.57. The Bertz CT molecular complexity index is 740. The minimum Gasteiger partial charge on any atom is -0.399 e. The number of rotatable bonds is 2. The predicted molar refractivity (Wildman–Crippen MR) is 91.9 cm³/mol. The van der Waals surface area contributed by atoms with E-state index in [1.54, 1.807) is 0 Å². The molecule has 0 spiro atoms. The Hall–Kier alpha value is -2.81. The van der Waals surface area contributed by atoms with Crippen molar-refractivity contribution in [2.75, 3.05) is 11.5 Å². The standard InChI is InChI=1S/C19H18N2O/c1-11-17(13-3-7-15(20)8-4-13)18(12(2)19(11)22)14-5-9-16(21)10-6-14/h3-10H,20-21H2,1-2H3. The van der Waals surface area contributed by atoms with Crippen LogP contribution < -0.4 is 11.5 Å². The van der Waals surface area contributed by atoms with Gasteiger partial charge in [-0.1, -0.05) is 24.3 Å². The van der Waals surface area contributed by atoms with Crippen molar-refractivity contribution in [3.05, 3.63) is 70.8 Å². The van der Waals surface area contributed by atoms with Gasteiger partial charge in [-0.05, 0) is 60.4 Å². The number of benzene rings is 2. The highest BCUT2D eigenvalue weighted by Crippen LogP contribution is 2.42. The zero-order valence-corrected chi connectivity index (χ0v) is 12.7. The SMILES string of the molecule is CC1=C(c2ccc(N)cc2)C(c2ccc(N)cc2)=C(C)C1=O. The number of anilines is 2. The lowest BCUT2D eigenvalue weighted by Crippen LogP contribution is -1.96. The van der Waals surface area contributed by atoms with Crippen molar-refractivity contribution in [2.45, 2.75) is 13.8 Å². The minimum absolute atomic E-state index is 0.0960. The number of ketones is 1. The first kappa shape index (κ1) is 14.1. The average molecular weight is 290 g/mol. The monoisotopic (exact) mass is 290 g/mol. The highest BCUT2D eigenvalue weighted by molar-refractivity contribution is 6.31. The molecule has 0 saturated heterocycles. The molecule has 0 atom stereocenters. The van der Waals surface area contributed by atoms with Gasteiger partial charge in [-0.15, -0.1) is 0 Å². The van der Waals surface area contributed by atoms with Gasteiger partial charge in [0, 0.05) is 22.5 Å². The molecule has 0 unspecified atom stereocenters. The fourth-order valence-corrected chi connectivity index (χ4v) is 2.90. The van der Waals surface area contributed by atoms with E-state index < -0.39 is 0 Å². The number of hydrogen-bond donors (Lipinski definition) is 2. The van der Waals surface area contributed by atoms with Gasteiger partial charge < -0.3 is 11.5 Å². The number of nitrogen functional groups attached to an aromatic ring is 2. The van der Waals surface area contributed by atoms with Gasteiger partial charge in [0.1, 0.15) is 0 Å². The topological polar surface area (TPSA) is 69.1 Å². The van der Waals surface area contributed by atoms with E-state index in [1.807, 2.05) is 62.4 Å². The van der Waals surface area contributed by atoms with E-state index in [9.17, 15) is 4.79 Å². The summed E-state index contributed by atoms with van der Waals surface area (Å²) >= 11 is 0. The first-order chi connectivity index (χ1) is 10.5. The molecule has 0 fully saturated rings. The van der Waals surface area contributed by atoms with Crippen LogP contribution in [0, 0.1) is 0 Å². The summed E-state index contributed by atoms with van der Waals surface area (Å²) in [6.07, 6.45) is 0. The summed E-state index contributed by atoms with van der Waals surface area (Å²) in [5.74, 6) is 0.0960. The van der Waals surface area contributed by atoms with E-state index in [1.165, 1.54) is 0 Å². The average Bonchev–Trinajstić information content (AvgIpc) is 2.74. The summed E-state index contributed by atoms with van der Waals surface area (Å²) in [5.41, 5.74) is 18.5. The van der Waals surface area contributed by atoms with E-state index in [2.05, 4.69) is 0 Å². The summed E-state index contributed by atoms with van der Waals surface area (Å²) in [7, 11) is 0. The van der Waals surface area contributed by atoms with Crippen molar-refractivity contribution >= 4 is 28.3 Å². The number of carbonyl (C=O) groups excluding carboxylic acids is 1. The molecular weight excluding hydrogens is 272 g/mol. The summed E-state index contributed by atoms with van der Waals surface area (Å²) in [6.45, 7) is 3.75. The third kappa shape index (κ3) is 2.21. The van der Waals surface area contributed by atoms with E-state index in [0.717, 1.165) is 33.4 Å². The van der Waals surface area contributed by atoms with Crippen LogP contribution in [0.4, 0.5) is 11.4 Å². The molecule has 0 amide bonds. The van der Waals surface area contributed by atoms with Crippen molar-refractivity contribution in [1.82, 2.24) is 0 Å². The van der Waals surface area contributed by atoms with Crippen LogP contribution in [0.25, 0.3) is 11.1 Å². The summed E-state index contributed by atoms with van der Waals surface area (Å²) in [4.78, 5) is 12.4. The molecule has 0 radical (unpaired) electrons. The van der Waals surface area contributed by atoms with E-state index in [4.69, 9.17) is 11.5 Å². The molecule has 0 aromatic heterocycles. The number of allylic oxidation sites excluding steroid dienone is 4. The molecule has 3 nitrogen and oxygen atoms in total. The maximum absolute atomic E-state index is 12.4. The van der Waals surface area contributed by atoms with Crippen LogP contribution in [0.2, 0.25) is 0 Å². The van der Waals surface area contributed by atoms with Crippen LogP contribution in [0.15, 0.2) is 59.7 Å². The molecule has 2 aromatic rings. The number of nitrogens with two attached hydrogens (primary N) is 2. The molecule has 110 valence electrons. The molecule has 0 heterocycles. The maximum Gasteiger partial charge on any atom is 0.185 e. The maximum atomic E-state index is 12.4. The quantitative estimate of drug-likeness (QED) is 0.829. The normalized spacial score (nSPS) is 14.9. The Morgan fingerprint density at radius 1 is 0.636 bits per heavy atom. The molecule has 1 aliphatic carbocycles. The third-order valence-corrected chi connectivity index (χ3v) is 4.08. The lowest BCUT2D eigenvalue weighted by molar-refractivity contribution is -0.111. The van der Waals surface area contributed by atoms with Crippen molar-refractivity contribution < 1.29 is 4.79 Å². The number of Topliss-reactive ketones (excluding diaryl/α,β-unsaturated/α-hetero) is 1. The van der Waals surface area contributed by atoms with Crippen molar-refractivity contribution in [1.29, 1.82) is 0 Å². The summed E-state index contributed by atoms with van der Waals surface area (Å²) < 4.78 is 0. The zero-order valence-electron chi connectivity index (χ0n) is 12.7. The predicted octanol–water partition coefficient (Wildman–Crippen LogP) is 3.68. The Kier molecular flexibility index (Phi) is 3.33. The molecular formula is C19H18N2O. The first-order valence-corrected chi connectivity index (χ1v) is 7.17. The van der Waals surface area contributed by atoms with Crippen LogP contribution in [0.3, 0.4) is 0 Å². The molecule has 22 heavy (non-hydrogen) atoms. The van der Waals surface area contributed by atoms with E-state index in [0.29, 0.717) is 11.4 Å². The van der Waals surface area contributed by atoms with Gasteiger partial charge in [0.2, 0.25) is 0 Å². The molecule has 0 aliphatic heterocycles.